The predicted octanol–water partition coefficient (Wildman–Crippen LogP) is 3.62. The molecule has 18 heavy (non-hydrogen) atoms. The van der Waals surface area contributed by atoms with E-state index >= 15 is 0 Å². The van der Waals surface area contributed by atoms with Crippen molar-refractivity contribution in [1.29, 1.82) is 0 Å². The summed E-state index contributed by atoms with van der Waals surface area (Å²) in [6.07, 6.45) is 5.26. The maximum absolute atomic E-state index is 4.39. The van der Waals surface area contributed by atoms with Crippen LogP contribution in [-0.4, -0.2) is 23.3 Å². The Bertz CT molecular complexity index is 359. The third-order valence-electron chi connectivity index (χ3n) is 4.01. The summed E-state index contributed by atoms with van der Waals surface area (Å²) in [7, 11) is 0. The minimum absolute atomic E-state index is 0.458. The van der Waals surface area contributed by atoms with E-state index in [1.165, 1.54) is 25.7 Å². The summed E-state index contributed by atoms with van der Waals surface area (Å²) in [4.78, 5) is 2.40. The maximum Gasteiger partial charge on any atom is 0.151 e. The molecule has 1 unspecified atom stereocenters. The molecule has 3 heteroatoms. The van der Waals surface area contributed by atoms with Gasteiger partial charge in [-0.25, -0.2) is 0 Å². The van der Waals surface area contributed by atoms with Crippen LogP contribution < -0.4 is 4.90 Å². The molecule has 100 valence electrons. The molecule has 1 aromatic rings. The standard InChI is InChI=1S/C15H25N3/c1-4-13-6-5-10-18(11-9-13)15-8-7-14(12(2)3)16-17-15/h7-8,12-13H,4-6,9-11H2,1-3H3. The summed E-state index contributed by atoms with van der Waals surface area (Å²) in [6.45, 7) is 8.88. The summed E-state index contributed by atoms with van der Waals surface area (Å²) < 4.78 is 0. The van der Waals surface area contributed by atoms with E-state index < -0.39 is 0 Å². The molecule has 2 heterocycles. The summed E-state index contributed by atoms with van der Waals surface area (Å²) in [6, 6.07) is 4.25. The number of nitrogens with zero attached hydrogens (tertiary/aromatic N) is 3. The van der Waals surface area contributed by atoms with Crippen molar-refractivity contribution in [3.63, 3.8) is 0 Å². The van der Waals surface area contributed by atoms with Crippen molar-refractivity contribution in [3.05, 3.63) is 17.8 Å². The molecule has 0 spiro atoms. The number of rotatable bonds is 3. The zero-order valence-electron chi connectivity index (χ0n) is 11.9. The van der Waals surface area contributed by atoms with Crippen molar-refractivity contribution >= 4 is 5.82 Å². The van der Waals surface area contributed by atoms with Gasteiger partial charge in [0.15, 0.2) is 5.82 Å². The van der Waals surface area contributed by atoms with Crippen LogP contribution in [0.3, 0.4) is 0 Å². The van der Waals surface area contributed by atoms with E-state index in [0.717, 1.165) is 30.5 Å². The molecular formula is C15H25N3. The van der Waals surface area contributed by atoms with Crippen molar-refractivity contribution in [2.75, 3.05) is 18.0 Å². The predicted molar refractivity (Wildman–Crippen MR) is 76.0 cm³/mol. The van der Waals surface area contributed by atoms with E-state index in [2.05, 4.69) is 48.0 Å². The first-order valence-corrected chi connectivity index (χ1v) is 7.29. The molecule has 2 rings (SSSR count). The Labute approximate surface area is 111 Å². The highest BCUT2D eigenvalue weighted by Crippen LogP contribution is 2.23. The second-order valence-electron chi connectivity index (χ2n) is 5.66. The van der Waals surface area contributed by atoms with Crippen LogP contribution in [0, 0.1) is 5.92 Å². The first-order chi connectivity index (χ1) is 8.70. The second-order valence-corrected chi connectivity index (χ2v) is 5.66. The Hall–Kier alpha value is -1.12. The van der Waals surface area contributed by atoms with Gasteiger partial charge in [-0.3, -0.25) is 0 Å². The molecule has 0 bridgehead atoms. The van der Waals surface area contributed by atoms with Gasteiger partial charge in [-0.15, -0.1) is 5.10 Å². The van der Waals surface area contributed by atoms with Gasteiger partial charge in [-0.05, 0) is 43.2 Å². The Morgan fingerprint density at radius 3 is 2.67 bits per heavy atom. The van der Waals surface area contributed by atoms with Crippen LogP contribution in [0.2, 0.25) is 0 Å². The summed E-state index contributed by atoms with van der Waals surface area (Å²) >= 11 is 0. The average Bonchev–Trinajstić information content (AvgIpc) is 2.64. The van der Waals surface area contributed by atoms with E-state index in [4.69, 9.17) is 0 Å². The number of hydrogen-bond donors (Lipinski definition) is 0. The smallest absolute Gasteiger partial charge is 0.151 e. The van der Waals surface area contributed by atoms with Crippen LogP contribution in [0.4, 0.5) is 5.82 Å². The van der Waals surface area contributed by atoms with Gasteiger partial charge in [-0.1, -0.05) is 27.2 Å². The van der Waals surface area contributed by atoms with Crippen LogP contribution in [0.1, 0.15) is 58.1 Å². The van der Waals surface area contributed by atoms with Crippen LogP contribution in [-0.2, 0) is 0 Å². The van der Waals surface area contributed by atoms with E-state index in [0.29, 0.717) is 5.92 Å². The van der Waals surface area contributed by atoms with Gasteiger partial charge >= 0.3 is 0 Å². The molecule has 1 aliphatic rings. The van der Waals surface area contributed by atoms with Gasteiger partial charge in [0.2, 0.25) is 0 Å². The fourth-order valence-corrected chi connectivity index (χ4v) is 2.61. The molecular weight excluding hydrogens is 222 g/mol. The zero-order chi connectivity index (χ0) is 13.0. The second kappa shape index (κ2) is 6.17. The van der Waals surface area contributed by atoms with Gasteiger partial charge in [0, 0.05) is 13.1 Å². The normalized spacial score (nSPS) is 21.1. The lowest BCUT2D eigenvalue weighted by Gasteiger charge is -2.21. The van der Waals surface area contributed by atoms with Gasteiger partial charge in [0.05, 0.1) is 5.69 Å². The molecule has 0 amide bonds. The van der Waals surface area contributed by atoms with Crippen LogP contribution in [0.5, 0.6) is 0 Å². The highest BCUT2D eigenvalue weighted by Gasteiger charge is 2.17. The lowest BCUT2D eigenvalue weighted by atomic mass is 9.98. The van der Waals surface area contributed by atoms with E-state index in [9.17, 15) is 0 Å². The Kier molecular flexibility index (Phi) is 4.56. The van der Waals surface area contributed by atoms with Crippen LogP contribution in [0.15, 0.2) is 12.1 Å². The Morgan fingerprint density at radius 1 is 1.22 bits per heavy atom. The fourth-order valence-electron chi connectivity index (χ4n) is 2.61. The Morgan fingerprint density at radius 2 is 2.06 bits per heavy atom. The van der Waals surface area contributed by atoms with Crippen molar-refractivity contribution in [2.24, 2.45) is 5.92 Å². The van der Waals surface area contributed by atoms with E-state index in [1.807, 2.05) is 0 Å². The lowest BCUT2D eigenvalue weighted by Crippen LogP contribution is -2.25. The molecule has 0 aromatic carbocycles. The average molecular weight is 247 g/mol. The molecule has 1 aliphatic heterocycles. The molecule has 1 atom stereocenters. The van der Waals surface area contributed by atoms with Crippen molar-refractivity contribution < 1.29 is 0 Å². The third-order valence-corrected chi connectivity index (χ3v) is 4.01. The van der Waals surface area contributed by atoms with Crippen molar-refractivity contribution in [1.82, 2.24) is 10.2 Å². The first kappa shape index (κ1) is 13.3. The fraction of sp³-hybridized carbons (Fsp3) is 0.733. The molecule has 0 aliphatic carbocycles. The van der Waals surface area contributed by atoms with Crippen molar-refractivity contribution in [2.45, 2.75) is 52.4 Å². The molecule has 0 saturated carbocycles. The zero-order valence-corrected chi connectivity index (χ0v) is 11.9. The van der Waals surface area contributed by atoms with E-state index in [1.54, 1.807) is 0 Å². The largest absolute Gasteiger partial charge is 0.355 e. The van der Waals surface area contributed by atoms with Crippen LogP contribution in [0.25, 0.3) is 0 Å². The van der Waals surface area contributed by atoms with E-state index in [-0.39, 0.29) is 0 Å². The minimum atomic E-state index is 0.458. The molecule has 3 nitrogen and oxygen atoms in total. The number of anilines is 1. The molecule has 0 N–H and O–H groups in total. The molecule has 1 aromatic heterocycles. The van der Waals surface area contributed by atoms with Crippen molar-refractivity contribution in [3.8, 4) is 0 Å². The van der Waals surface area contributed by atoms with Gasteiger partial charge in [0.1, 0.15) is 0 Å². The summed E-state index contributed by atoms with van der Waals surface area (Å²) in [5.74, 6) is 2.41. The van der Waals surface area contributed by atoms with Gasteiger partial charge in [-0.2, -0.15) is 5.10 Å². The summed E-state index contributed by atoms with van der Waals surface area (Å²) in [5, 5.41) is 8.72. The van der Waals surface area contributed by atoms with Gasteiger partial charge in [0.25, 0.3) is 0 Å². The van der Waals surface area contributed by atoms with Crippen LogP contribution >= 0.6 is 0 Å². The Balaban J connectivity index is 2.02. The quantitative estimate of drug-likeness (QED) is 0.817. The first-order valence-electron chi connectivity index (χ1n) is 7.29. The number of hydrogen-bond acceptors (Lipinski definition) is 3. The maximum atomic E-state index is 4.39. The molecule has 1 saturated heterocycles. The van der Waals surface area contributed by atoms with Gasteiger partial charge < -0.3 is 4.90 Å². The SMILES string of the molecule is CCC1CCCN(c2ccc(C(C)C)nn2)CC1. The monoisotopic (exact) mass is 247 g/mol. The summed E-state index contributed by atoms with van der Waals surface area (Å²) in [5.41, 5.74) is 1.08. The number of aromatic nitrogens is 2. The minimum Gasteiger partial charge on any atom is -0.355 e. The molecule has 1 fully saturated rings. The highest BCUT2D eigenvalue weighted by molar-refractivity contribution is 5.37. The lowest BCUT2D eigenvalue weighted by molar-refractivity contribution is 0.459. The topological polar surface area (TPSA) is 29.0 Å². The third kappa shape index (κ3) is 3.21. The highest BCUT2D eigenvalue weighted by atomic mass is 15.3. The molecule has 0 radical (unpaired) electrons.